The number of likely N-dealkylation sites (tertiary alicyclic amines) is 1. The molecule has 51 heavy (non-hydrogen) atoms. The molecule has 1 saturated carbocycles. The zero-order valence-electron chi connectivity index (χ0n) is 29.9. The Bertz CT molecular complexity index is 1810. The van der Waals surface area contributed by atoms with Gasteiger partial charge < -0.3 is 39.2 Å². The molecule has 3 fully saturated rings. The molecule has 2 N–H and O–H groups in total. The number of anilines is 2. The fourth-order valence-corrected chi connectivity index (χ4v) is 6.99. The second-order valence-corrected chi connectivity index (χ2v) is 14.5. The Labute approximate surface area is 298 Å². The van der Waals surface area contributed by atoms with Gasteiger partial charge in [-0.25, -0.2) is 9.78 Å². The highest BCUT2D eigenvalue weighted by Crippen LogP contribution is 2.35. The van der Waals surface area contributed by atoms with E-state index in [0.717, 1.165) is 68.4 Å². The number of nitrogens with zero attached hydrogens (tertiary/aromatic N) is 7. The number of methoxy groups -OCH3 is 1. The van der Waals surface area contributed by atoms with Crippen molar-refractivity contribution in [3.05, 3.63) is 48.7 Å². The van der Waals surface area contributed by atoms with Crippen LogP contribution < -0.4 is 20.1 Å². The second kappa shape index (κ2) is 14.9. The Hall–Kier alpha value is -4.69. The number of aromatic nitrogens is 5. The molecular formula is C37H48N8O6. The molecule has 3 aliphatic rings. The lowest BCUT2D eigenvalue weighted by Gasteiger charge is -2.40. The average Bonchev–Trinajstić information content (AvgIpc) is 3.45. The van der Waals surface area contributed by atoms with Gasteiger partial charge in [-0.05, 0) is 70.7 Å². The maximum absolute atomic E-state index is 12.4. The normalized spacial score (nSPS) is 20.3. The minimum Gasteiger partial charge on any atom is -0.474 e. The molecule has 4 aromatic rings. The third-order valence-corrected chi connectivity index (χ3v) is 9.69. The topological polar surface area (TPSA) is 152 Å². The Balaban J connectivity index is 0.908. The first-order chi connectivity index (χ1) is 24.6. The van der Waals surface area contributed by atoms with Gasteiger partial charge in [0.25, 0.3) is 0 Å². The molecule has 0 unspecified atom stereocenters. The summed E-state index contributed by atoms with van der Waals surface area (Å²) in [6, 6.07) is 13.9. The van der Waals surface area contributed by atoms with E-state index in [9.17, 15) is 4.79 Å². The summed E-state index contributed by atoms with van der Waals surface area (Å²) in [6.07, 6.45) is 7.06. The highest BCUT2D eigenvalue weighted by molar-refractivity contribution is 5.87. The first-order valence-electron chi connectivity index (χ1n) is 17.9. The average molecular weight is 701 g/mol. The molecule has 0 bridgehead atoms. The number of rotatable bonds is 10. The van der Waals surface area contributed by atoms with E-state index in [1.165, 1.54) is 0 Å². The molecule has 14 nitrogen and oxygen atoms in total. The Morgan fingerprint density at radius 1 is 0.941 bits per heavy atom. The summed E-state index contributed by atoms with van der Waals surface area (Å²) >= 11 is 0. The minimum atomic E-state index is -0.486. The van der Waals surface area contributed by atoms with Crippen molar-refractivity contribution < 1.29 is 28.5 Å². The third-order valence-electron chi connectivity index (χ3n) is 9.69. The van der Waals surface area contributed by atoms with Crippen molar-refractivity contribution in [1.82, 2.24) is 29.9 Å². The van der Waals surface area contributed by atoms with Gasteiger partial charge >= 0.3 is 6.09 Å². The van der Waals surface area contributed by atoms with Gasteiger partial charge in [0, 0.05) is 69.6 Å². The molecule has 0 spiro atoms. The number of benzene rings is 1. The number of hydrogen-bond donors (Lipinski definition) is 1. The predicted molar refractivity (Wildman–Crippen MR) is 192 cm³/mol. The minimum absolute atomic E-state index is 0.0791. The molecule has 2 saturated heterocycles. The molecule has 1 aliphatic carbocycles. The summed E-state index contributed by atoms with van der Waals surface area (Å²) in [5.41, 5.74) is 9.87. The molecule has 3 aromatic heterocycles. The molecule has 14 heteroatoms. The van der Waals surface area contributed by atoms with Gasteiger partial charge in [0.2, 0.25) is 5.88 Å². The van der Waals surface area contributed by atoms with Crippen LogP contribution in [0.25, 0.3) is 22.3 Å². The van der Waals surface area contributed by atoms with E-state index < -0.39 is 5.60 Å². The summed E-state index contributed by atoms with van der Waals surface area (Å²) in [7, 11) is 1.59. The third kappa shape index (κ3) is 8.12. The summed E-state index contributed by atoms with van der Waals surface area (Å²) in [6.45, 7) is 8.81. The van der Waals surface area contributed by atoms with Crippen molar-refractivity contribution in [2.75, 3.05) is 50.7 Å². The fraction of sp³-hybridized carbons (Fsp3) is 0.541. The van der Waals surface area contributed by atoms with E-state index >= 15 is 0 Å². The lowest BCUT2D eigenvalue weighted by atomic mass is 9.91. The maximum atomic E-state index is 12.4. The lowest BCUT2D eigenvalue weighted by Crippen LogP contribution is -2.46. The number of nitrogens with two attached hydrogens (primary N) is 1. The maximum Gasteiger partial charge on any atom is 0.410 e. The van der Waals surface area contributed by atoms with Crippen LogP contribution in [0.5, 0.6) is 11.6 Å². The van der Waals surface area contributed by atoms with Crippen LogP contribution in [0.2, 0.25) is 0 Å². The number of fused-ring (bicyclic) bond motifs is 1. The van der Waals surface area contributed by atoms with Crippen LogP contribution in [0.1, 0.15) is 65.3 Å². The first-order valence-corrected chi connectivity index (χ1v) is 17.9. The van der Waals surface area contributed by atoms with E-state index in [2.05, 4.69) is 20.1 Å². The van der Waals surface area contributed by atoms with E-state index in [-0.39, 0.29) is 37.2 Å². The van der Waals surface area contributed by atoms with Crippen molar-refractivity contribution in [1.29, 1.82) is 0 Å². The number of para-hydroxylation sites is 1. The number of nitrogen functional groups attached to an aromatic ring is 1. The van der Waals surface area contributed by atoms with Crippen molar-refractivity contribution in [3.8, 4) is 22.9 Å². The number of hydrogen-bond acceptors (Lipinski definition) is 12. The van der Waals surface area contributed by atoms with Crippen molar-refractivity contribution in [2.24, 2.45) is 0 Å². The number of amides is 1. The van der Waals surface area contributed by atoms with E-state index in [4.69, 9.17) is 34.5 Å². The van der Waals surface area contributed by atoms with Gasteiger partial charge in [0.15, 0.2) is 18.1 Å². The molecule has 7 rings (SSSR count). The molecule has 0 radical (unpaired) electrons. The van der Waals surface area contributed by atoms with Crippen LogP contribution in [-0.4, -0.2) is 99.9 Å². The number of pyridine rings is 1. The Kier molecular flexibility index (Phi) is 10.1. The van der Waals surface area contributed by atoms with Crippen LogP contribution >= 0.6 is 0 Å². The van der Waals surface area contributed by atoms with Crippen LogP contribution in [0.15, 0.2) is 48.7 Å². The van der Waals surface area contributed by atoms with Crippen LogP contribution in [0.3, 0.4) is 0 Å². The lowest BCUT2D eigenvalue weighted by molar-refractivity contribution is -0.110. The molecule has 272 valence electrons. The monoisotopic (exact) mass is 700 g/mol. The smallest absolute Gasteiger partial charge is 0.410 e. The quantitative estimate of drug-likeness (QED) is 0.204. The highest BCUT2D eigenvalue weighted by atomic mass is 16.7. The summed E-state index contributed by atoms with van der Waals surface area (Å²) in [5.74, 6) is 1.68. The Morgan fingerprint density at radius 3 is 2.45 bits per heavy atom. The molecular weight excluding hydrogens is 652 g/mol. The SMILES string of the molecule is COCOc1ccccc1-c1cc2c(nn1)c(N)nn2C1CCN(c2ccnc(O[C@H]3C[C@H](OC4CCN(C(=O)OC(C)(C)C)CC4)C3)c2)CC1. The zero-order valence-corrected chi connectivity index (χ0v) is 29.9. The van der Waals surface area contributed by atoms with E-state index in [0.29, 0.717) is 41.7 Å². The van der Waals surface area contributed by atoms with Crippen molar-refractivity contribution in [3.63, 3.8) is 0 Å². The molecule has 1 amide bonds. The van der Waals surface area contributed by atoms with E-state index in [1.807, 2.05) is 74.1 Å². The summed E-state index contributed by atoms with van der Waals surface area (Å²) in [4.78, 5) is 21.0. The standard InChI is InChI=1S/C37H48N8O6/c1-37(2,3)51-36(46)44-17-12-26(13-18-44)49-27-20-28(21-27)50-33-19-25(9-14-39-33)43-15-10-24(11-16-43)45-31-22-30(40-41-34(31)35(38)42-45)29-7-5-6-8-32(29)48-23-47-4/h5-9,14,19,22,24,26-28H,10-13,15-18,20-21,23H2,1-4H3,(H2,38,42)/t27-,28-. The fourth-order valence-electron chi connectivity index (χ4n) is 6.99. The van der Waals surface area contributed by atoms with Gasteiger partial charge in [-0.1, -0.05) is 12.1 Å². The van der Waals surface area contributed by atoms with E-state index in [1.54, 1.807) is 12.0 Å². The van der Waals surface area contributed by atoms with Crippen LogP contribution in [0, 0.1) is 0 Å². The summed E-state index contributed by atoms with van der Waals surface area (Å²) < 4.78 is 31.0. The van der Waals surface area contributed by atoms with Crippen molar-refractivity contribution in [2.45, 2.75) is 89.3 Å². The second-order valence-electron chi connectivity index (χ2n) is 14.5. The number of carbonyl (C=O) groups excluding carboxylic acids is 1. The van der Waals surface area contributed by atoms with Gasteiger partial charge in [0.1, 0.15) is 17.5 Å². The summed E-state index contributed by atoms with van der Waals surface area (Å²) in [5, 5.41) is 13.6. The zero-order chi connectivity index (χ0) is 35.5. The molecule has 0 atom stereocenters. The predicted octanol–water partition coefficient (Wildman–Crippen LogP) is 5.62. The van der Waals surface area contributed by atoms with Gasteiger partial charge in [0.05, 0.1) is 29.5 Å². The molecule has 1 aromatic carbocycles. The Morgan fingerprint density at radius 2 is 1.71 bits per heavy atom. The number of piperidine rings is 2. The van der Waals surface area contributed by atoms with Gasteiger partial charge in [-0.15, -0.1) is 10.2 Å². The number of carbonyl (C=O) groups is 1. The molecule has 2 aliphatic heterocycles. The largest absolute Gasteiger partial charge is 0.474 e. The number of ether oxygens (including phenoxy) is 5. The van der Waals surface area contributed by atoms with Crippen molar-refractivity contribution >= 4 is 28.6 Å². The van der Waals surface area contributed by atoms with Crippen LogP contribution in [-0.2, 0) is 14.2 Å². The van der Waals surface area contributed by atoms with Gasteiger partial charge in [-0.2, -0.15) is 5.10 Å². The highest BCUT2D eigenvalue weighted by Gasteiger charge is 2.36. The molecule has 5 heterocycles. The first kappa shape index (κ1) is 34.7. The van der Waals surface area contributed by atoms with Gasteiger partial charge in [-0.3, -0.25) is 4.68 Å². The van der Waals surface area contributed by atoms with Crippen LogP contribution in [0.4, 0.5) is 16.3 Å².